The Bertz CT molecular complexity index is 1590. The van der Waals surface area contributed by atoms with Crippen LogP contribution < -0.4 is 10.6 Å². The van der Waals surface area contributed by atoms with E-state index < -0.39 is 17.8 Å². The topological polar surface area (TPSA) is 128 Å². The minimum absolute atomic E-state index is 0.0743. The Morgan fingerprint density at radius 2 is 1.82 bits per heavy atom. The molecule has 0 bridgehead atoms. The molecule has 5 rings (SSSR count). The number of nitrogen functional groups attached to an aromatic ring is 1. The molecule has 0 saturated carbocycles. The molecular formula is C25H26F3N9O2. The molecule has 1 saturated heterocycles. The number of fused-ring (bicyclic) bond motifs is 1. The molecule has 1 aliphatic rings. The molecule has 1 aliphatic heterocycles. The summed E-state index contributed by atoms with van der Waals surface area (Å²) in [5, 5.41) is 8.23. The number of nitrogens with zero attached hydrogens (tertiary/aromatic N) is 8. The first-order chi connectivity index (χ1) is 18.3. The summed E-state index contributed by atoms with van der Waals surface area (Å²) in [4.78, 5) is 36.9. The monoisotopic (exact) mass is 541 g/mol. The predicted octanol–water partition coefficient (Wildman–Crippen LogP) is 3.33. The number of halogens is 3. The molecule has 14 heteroatoms. The Labute approximate surface area is 221 Å². The summed E-state index contributed by atoms with van der Waals surface area (Å²) in [6.07, 6.45) is -0.449. The maximum atomic E-state index is 13.6. The summed E-state index contributed by atoms with van der Waals surface area (Å²) in [7, 11) is 0. The van der Waals surface area contributed by atoms with Gasteiger partial charge in [-0.3, -0.25) is 19.2 Å². The van der Waals surface area contributed by atoms with E-state index in [-0.39, 0.29) is 29.9 Å². The van der Waals surface area contributed by atoms with Gasteiger partial charge in [0, 0.05) is 43.5 Å². The lowest BCUT2D eigenvalue weighted by atomic mass is 9.97. The minimum Gasteiger partial charge on any atom is -0.382 e. The van der Waals surface area contributed by atoms with Crippen LogP contribution in [0.4, 0.5) is 24.8 Å². The number of nitrogens with two attached hydrogens (primary N) is 1. The van der Waals surface area contributed by atoms with Crippen molar-refractivity contribution in [3.63, 3.8) is 0 Å². The molecule has 204 valence electrons. The Kier molecular flexibility index (Phi) is 6.07. The fraction of sp³-hybridized carbons (Fsp3) is 0.360. The highest BCUT2D eigenvalue weighted by Gasteiger charge is 2.44. The molecule has 2 amide bonds. The van der Waals surface area contributed by atoms with Crippen molar-refractivity contribution in [3.8, 4) is 22.5 Å². The fourth-order valence-electron chi connectivity index (χ4n) is 4.97. The average molecular weight is 542 g/mol. The summed E-state index contributed by atoms with van der Waals surface area (Å²) >= 11 is 0. The largest absolute Gasteiger partial charge is 0.410 e. The number of alkyl halides is 3. The van der Waals surface area contributed by atoms with Crippen molar-refractivity contribution in [1.82, 2.24) is 34.3 Å². The van der Waals surface area contributed by atoms with E-state index in [9.17, 15) is 22.8 Å². The highest BCUT2D eigenvalue weighted by atomic mass is 19.4. The zero-order valence-corrected chi connectivity index (χ0v) is 21.6. The van der Waals surface area contributed by atoms with Gasteiger partial charge in [0.05, 0.1) is 11.4 Å². The quantitative estimate of drug-likeness (QED) is 0.420. The van der Waals surface area contributed by atoms with Crippen molar-refractivity contribution in [1.29, 1.82) is 0 Å². The van der Waals surface area contributed by atoms with Crippen LogP contribution in [0.2, 0.25) is 0 Å². The van der Waals surface area contributed by atoms with Gasteiger partial charge in [-0.15, -0.1) is 0 Å². The standard InChI is InChI=1S/C25H26F3N9O2/c1-14(25(26,27)28)36-18(6-8-32-36)17-12-19(37-21(17)22(29)31-13-33-37)16-5-7-30-20(11-16)34-9-10-35(15(2)38)24(3,4)23(34)39/h5-8,11-14H,9-10H2,1-4H3,(H2,29,31,33)/t14-/m1/s1. The zero-order valence-electron chi connectivity index (χ0n) is 21.6. The lowest BCUT2D eigenvalue weighted by Gasteiger charge is -2.45. The molecular weight excluding hydrogens is 515 g/mol. The smallest absolute Gasteiger partial charge is 0.382 e. The molecule has 39 heavy (non-hydrogen) atoms. The van der Waals surface area contributed by atoms with E-state index in [1.165, 1.54) is 46.0 Å². The van der Waals surface area contributed by atoms with Gasteiger partial charge in [0.25, 0.3) is 5.91 Å². The summed E-state index contributed by atoms with van der Waals surface area (Å²) in [6.45, 7) is 6.41. The van der Waals surface area contributed by atoms with Gasteiger partial charge in [-0.2, -0.15) is 23.4 Å². The number of rotatable bonds is 4. The number of carbonyl (C=O) groups excluding carboxylic acids is 2. The van der Waals surface area contributed by atoms with E-state index in [0.29, 0.717) is 34.7 Å². The van der Waals surface area contributed by atoms with Crippen LogP contribution in [0.1, 0.15) is 33.7 Å². The van der Waals surface area contributed by atoms with Gasteiger partial charge < -0.3 is 10.6 Å². The first-order valence-electron chi connectivity index (χ1n) is 12.1. The van der Waals surface area contributed by atoms with E-state index >= 15 is 0 Å². The van der Waals surface area contributed by atoms with Crippen LogP contribution in [0, 0.1) is 0 Å². The Morgan fingerprint density at radius 1 is 1.08 bits per heavy atom. The Hall–Kier alpha value is -4.49. The molecule has 5 heterocycles. The molecule has 0 aromatic carbocycles. The number of amides is 2. The summed E-state index contributed by atoms with van der Waals surface area (Å²) in [6, 6.07) is 4.64. The van der Waals surface area contributed by atoms with Crippen molar-refractivity contribution in [3.05, 3.63) is 43.0 Å². The molecule has 0 unspecified atom stereocenters. The maximum Gasteiger partial charge on any atom is 0.410 e. The second kappa shape index (κ2) is 9.06. The summed E-state index contributed by atoms with van der Waals surface area (Å²) in [5.41, 5.74) is 7.07. The van der Waals surface area contributed by atoms with Crippen LogP contribution in [-0.4, -0.2) is 70.9 Å². The Morgan fingerprint density at radius 3 is 2.51 bits per heavy atom. The van der Waals surface area contributed by atoms with Crippen molar-refractivity contribution in [2.24, 2.45) is 0 Å². The highest BCUT2D eigenvalue weighted by Crippen LogP contribution is 2.39. The van der Waals surface area contributed by atoms with E-state index in [1.807, 2.05) is 0 Å². The molecule has 1 fully saturated rings. The van der Waals surface area contributed by atoms with Crippen LogP contribution in [0.25, 0.3) is 28.0 Å². The molecule has 4 aromatic heterocycles. The van der Waals surface area contributed by atoms with Crippen molar-refractivity contribution < 1.29 is 22.8 Å². The molecule has 0 aliphatic carbocycles. The molecule has 4 aromatic rings. The van der Waals surface area contributed by atoms with Gasteiger partial charge in [0.2, 0.25) is 5.91 Å². The van der Waals surface area contributed by atoms with E-state index in [4.69, 9.17) is 5.73 Å². The number of carbonyl (C=O) groups is 2. The lowest BCUT2D eigenvalue weighted by molar-refractivity contribution is -0.165. The summed E-state index contributed by atoms with van der Waals surface area (Å²) < 4.78 is 43.1. The van der Waals surface area contributed by atoms with Crippen LogP contribution in [0.3, 0.4) is 0 Å². The number of hydrogen-bond donors (Lipinski definition) is 1. The van der Waals surface area contributed by atoms with Crippen LogP contribution in [0.5, 0.6) is 0 Å². The molecule has 11 nitrogen and oxygen atoms in total. The van der Waals surface area contributed by atoms with E-state index in [1.54, 1.807) is 32.0 Å². The number of piperazine rings is 1. The third-order valence-corrected chi connectivity index (χ3v) is 7.06. The molecule has 0 spiro atoms. The van der Waals surface area contributed by atoms with Gasteiger partial charge in [-0.1, -0.05) is 0 Å². The Balaban J connectivity index is 1.62. The maximum absolute atomic E-state index is 13.6. The first-order valence-corrected chi connectivity index (χ1v) is 12.1. The number of hydrogen-bond acceptors (Lipinski definition) is 7. The molecule has 0 radical (unpaired) electrons. The van der Waals surface area contributed by atoms with E-state index in [2.05, 4.69) is 20.2 Å². The zero-order chi connectivity index (χ0) is 28.3. The van der Waals surface area contributed by atoms with Gasteiger partial charge >= 0.3 is 6.18 Å². The van der Waals surface area contributed by atoms with Crippen LogP contribution in [0.15, 0.2) is 43.0 Å². The summed E-state index contributed by atoms with van der Waals surface area (Å²) in [5.74, 6) is -0.0440. The van der Waals surface area contributed by atoms with Crippen molar-refractivity contribution in [2.75, 3.05) is 23.7 Å². The highest BCUT2D eigenvalue weighted by molar-refractivity contribution is 6.02. The normalized spacial score (nSPS) is 16.6. The second-order valence-corrected chi connectivity index (χ2v) is 9.82. The minimum atomic E-state index is -4.52. The number of anilines is 2. The van der Waals surface area contributed by atoms with Gasteiger partial charge in [0.15, 0.2) is 5.82 Å². The van der Waals surface area contributed by atoms with Crippen molar-refractivity contribution >= 4 is 29.0 Å². The first kappa shape index (κ1) is 26.1. The number of aromatic nitrogens is 6. The second-order valence-electron chi connectivity index (χ2n) is 9.82. The van der Waals surface area contributed by atoms with E-state index in [0.717, 1.165) is 11.6 Å². The van der Waals surface area contributed by atoms with Crippen LogP contribution in [-0.2, 0) is 9.59 Å². The SMILES string of the molecule is CC(=O)N1CCN(c2cc(-c3cc(-c4ccnn4[C@H](C)C(F)(F)F)c4c(N)ncnn34)ccn2)C(=O)C1(C)C. The van der Waals surface area contributed by atoms with Gasteiger partial charge in [-0.25, -0.2) is 14.5 Å². The van der Waals surface area contributed by atoms with Crippen LogP contribution >= 0.6 is 0 Å². The van der Waals surface area contributed by atoms with Gasteiger partial charge in [0.1, 0.15) is 29.2 Å². The lowest BCUT2D eigenvalue weighted by Crippen LogP contribution is -2.64. The van der Waals surface area contributed by atoms with Gasteiger partial charge in [-0.05, 0) is 45.0 Å². The molecule has 2 N–H and O–H groups in total. The third kappa shape index (κ3) is 4.25. The average Bonchev–Trinajstić information content (AvgIpc) is 3.50. The van der Waals surface area contributed by atoms with Crippen molar-refractivity contribution in [2.45, 2.75) is 45.5 Å². The molecule has 1 atom stereocenters. The fourth-order valence-corrected chi connectivity index (χ4v) is 4.97. The predicted molar refractivity (Wildman–Crippen MR) is 136 cm³/mol. The number of pyridine rings is 1. The third-order valence-electron chi connectivity index (χ3n) is 7.06.